The Morgan fingerprint density at radius 2 is 1.66 bits per heavy atom. The Kier molecular flexibility index (Phi) is 6.05. The minimum absolute atomic E-state index is 0.200. The van der Waals surface area contributed by atoms with Gasteiger partial charge in [0.15, 0.2) is 0 Å². The molecule has 0 spiro atoms. The Balaban J connectivity index is 1.28. The lowest BCUT2D eigenvalue weighted by molar-refractivity contribution is -0.116. The second kappa shape index (κ2) is 9.46. The number of benzene rings is 2. The summed E-state index contributed by atoms with van der Waals surface area (Å²) in [4.78, 5) is 21.8. The van der Waals surface area contributed by atoms with E-state index in [1.807, 2.05) is 25.3 Å². The van der Waals surface area contributed by atoms with Crippen LogP contribution < -0.4 is 5.32 Å². The lowest BCUT2D eigenvalue weighted by Crippen LogP contribution is -2.14. The number of rotatable bonds is 7. The zero-order chi connectivity index (χ0) is 24.4. The Morgan fingerprint density at radius 1 is 0.971 bits per heavy atom. The number of imidazole rings is 1. The van der Waals surface area contributed by atoms with Crippen LogP contribution in [0.1, 0.15) is 24.3 Å². The molecule has 0 saturated carbocycles. The molecule has 0 atom stereocenters. The molecule has 35 heavy (non-hydrogen) atoms. The first-order chi connectivity index (χ1) is 17.0. The van der Waals surface area contributed by atoms with Gasteiger partial charge >= 0.3 is 0 Å². The van der Waals surface area contributed by atoms with Gasteiger partial charge in [-0.3, -0.25) is 9.20 Å². The van der Waals surface area contributed by atoms with Gasteiger partial charge in [0, 0.05) is 30.2 Å². The van der Waals surface area contributed by atoms with E-state index in [1.165, 1.54) is 24.3 Å². The maximum Gasteiger partial charge on any atom is 0.226 e. The van der Waals surface area contributed by atoms with Crippen LogP contribution in [0.5, 0.6) is 0 Å². The van der Waals surface area contributed by atoms with Gasteiger partial charge in [-0.2, -0.15) is 4.98 Å². The summed E-state index contributed by atoms with van der Waals surface area (Å²) in [5.41, 5.74) is 3.62. The van der Waals surface area contributed by atoms with Crippen molar-refractivity contribution in [1.82, 2.24) is 19.5 Å². The standard InChI is InChI=1S/C26H21F2N5O2/c1-16-13-14-33-21(15-16)29-24(17-5-9-19(27)10-6-17)26(33)30-22(34)3-2-4-23-31-25(32-35-23)18-7-11-20(28)12-8-18/h5-15H,2-4H2,1H3,(H,30,34). The third kappa shape index (κ3) is 4.93. The molecule has 3 aromatic heterocycles. The molecule has 0 radical (unpaired) electrons. The van der Waals surface area contributed by atoms with Gasteiger partial charge in [-0.05, 0) is 79.6 Å². The Bertz CT molecular complexity index is 1490. The van der Waals surface area contributed by atoms with E-state index in [0.29, 0.717) is 52.8 Å². The molecule has 0 aliphatic heterocycles. The molecule has 0 bridgehead atoms. The molecule has 3 heterocycles. The van der Waals surface area contributed by atoms with E-state index in [0.717, 1.165) is 5.56 Å². The first-order valence-electron chi connectivity index (χ1n) is 11.1. The molecule has 5 rings (SSSR count). The number of amides is 1. The molecule has 0 aliphatic rings. The Labute approximate surface area is 199 Å². The van der Waals surface area contributed by atoms with Gasteiger partial charge in [0.2, 0.25) is 17.6 Å². The van der Waals surface area contributed by atoms with Crippen molar-refractivity contribution in [2.45, 2.75) is 26.2 Å². The second-order valence-electron chi connectivity index (χ2n) is 8.17. The van der Waals surface area contributed by atoms with Crippen molar-refractivity contribution >= 4 is 17.4 Å². The summed E-state index contributed by atoms with van der Waals surface area (Å²) in [7, 11) is 0. The van der Waals surface area contributed by atoms with Gasteiger partial charge in [0.05, 0.1) is 0 Å². The van der Waals surface area contributed by atoms with Crippen LogP contribution in [0.4, 0.5) is 14.6 Å². The highest BCUT2D eigenvalue weighted by atomic mass is 19.1. The molecule has 0 saturated heterocycles. The number of aryl methyl sites for hydroxylation is 2. The predicted octanol–water partition coefficient (Wildman–Crippen LogP) is 5.60. The van der Waals surface area contributed by atoms with Crippen molar-refractivity contribution in [2.24, 2.45) is 0 Å². The van der Waals surface area contributed by atoms with Crippen molar-refractivity contribution in [2.75, 3.05) is 5.32 Å². The molecule has 1 N–H and O–H groups in total. The van der Waals surface area contributed by atoms with Gasteiger partial charge < -0.3 is 9.84 Å². The fourth-order valence-electron chi connectivity index (χ4n) is 3.74. The molecule has 7 nitrogen and oxygen atoms in total. The van der Waals surface area contributed by atoms with Crippen LogP contribution in [0.2, 0.25) is 0 Å². The third-order valence-corrected chi connectivity index (χ3v) is 5.52. The van der Waals surface area contributed by atoms with Gasteiger partial charge in [0.1, 0.15) is 28.8 Å². The highest BCUT2D eigenvalue weighted by Crippen LogP contribution is 2.29. The lowest BCUT2D eigenvalue weighted by Gasteiger charge is -2.08. The number of hydrogen-bond donors (Lipinski definition) is 1. The average Bonchev–Trinajstić information content (AvgIpc) is 3.45. The highest BCUT2D eigenvalue weighted by Gasteiger charge is 2.17. The summed E-state index contributed by atoms with van der Waals surface area (Å²) in [6.07, 6.45) is 2.96. The number of aromatic nitrogens is 4. The topological polar surface area (TPSA) is 85.3 Å². The molecule has 1 amide bonds. The Hall–Kier alpha value is -4.40. The average molecular weight is 473 g/mol. The summed E-state index contributed by atoms with van der Waals surface area (Å²) < 4.78 is 33.6. The maximum atomic E-state index is 13.4. The number of nitrogens with zero attached hydrogens (tertiary/aromatic N) is 4. The molecule has 5 aromatic rings. The van der Waals surface area contributed by atoms with E-state index in [4.69, 9.17) is 4.52 Å². The van der Waals surface area contributed by atoms with Crippen molar-refractivity contribution in [3.05, 3.63) is 89.9 Å². The van der Waals surface area contributed by atoms with Crippen LogP contribution in [-0.2, 0) is 11.2 Å². The van der Waals surface area contributed by atoms with E-state index in [9.17, 15) is 13.6 Å². The summed E-state index contributed by atoms with van der Waals surface area (Å²) in [6, 6.07) is 15.6. The molecule has 0 aliphatic carbocycles. The largest absolute Gasteiger partial charge is 0.339 e. The van der Waals surface area contributed by atoms with E-state index >= 15 is 0 Å². The van der Waals surface area contributed by atoms with Crippen LogP contribution in [-0.4, -0.2) is 25.4 Å². The summed E-state index contributed by atoms with van der Waals surface area (Å²) in [5, 5.41) is 6.87. The fraction of sp³-hybridized carbons (Fsp3) is 0.154. The van der Waals surface area contributed by atoms with Crippen LogP contribution in [0.25, 0.3) is 28.3 Å². The van der Waals surface area contributed by atoms with Crippen molar-refractivity contribution in [1.29, 1.82) is 0 Å². The molecule has 2 aromatic carbocycles. The minimum atomic E-state index is -0.345. The number of anilines is 1. The quantitative estimate of drug-likeness (QED) is 0.333. The molecule has 176 valence electrons. The summed E-state index contributed by atoms with van der Waals surface area (Å²) in [6.45, 7) is 1.96. The molecular formula is C26H21F2N5O2. The normalized spacial score (nSPS) is 11.2. The molecule has 9 heteroatoms. The van der Waals surface area contributed by atoms with E-state index in [2.05, 4.69) is 20.4 Å². The van der Waals surface area contributed by atoms with Crippen LogP contribution in [0, 0.1) is 18.6 Å². The molecule has 0 unspecified atom stereocenters. The number of nitrogens with one attached hydrogen (secondary N) is 1. The van der Waals surface area contributed by atoms with Crippen LogP contribution >= 0.6 is 0 Å². The number of pyridine rings is 1. The maximum absolute atomic E-state index is 13.4. The zero-order valence-corrected chi connectivity index (χ0v) is 18.8. The number of carbonyl (C=O) groups is 1. The van der Waals surface area contributed by atoms with Crippen LogP contribution in [0.3, 0.4) is 0 Å². The smallest absolute Gasteiger partial charge is 0.226 e. The van der Waals surface area contributed by atoms with Crippen LogP contribution in [0.15, 0.2) is 71.4 Å². The number of carbonyl (C=O) groups excluding carboxylic acids is 1. The minimum Gasteiger partial charge on any atom is -0.339 e. The third-order valence-electron chi connectivity index (χ3n) is 5.52. The number of hydrogen-bond acceptors (Lipinski definition) is 5. The van der Waals surface area contributed by atoms with E-state index in [-0.39, 0.29) is 24.0 Å². The van der Waals surface area contributed by atoms with Crippen molar-refractivity contribution < 1.29 is 18.1 Å². The summed E-state index contributed by atoms with van der Waals surface area (Å²) in [5.74, 6) is 0.403. The monoisotopic (exact) mass is 473 g/mol. The van der Waals surface area contributed by atoms with Gasteiger partial charge in [-0.25, -0.2) is 13.8 Å². The lowest BCUT2D eigenvalue weighted by atomic mass is 10.1. The van der Waals surface area contributed by atoms with Crippen molar-refractivity contribution in [3.63, 3.8) is 0 Å². The van der Waals surface area contributed by atoms with Gasteiger partial charge in [-0.15, -0.1) is 0 Å². The SMILES string of the molecule is Cc1ccn2c(NC(=O)CCCc3nc(-c4ccc(F)cc4)no3)c(-c3ccc(F)cc3)nc2c1. The number of fused-ring (bicyclic) bond motifs is 1. The first-order valence-corrected chi connectivity index (χ1v) is 11.1. The zero-order valence-electron chi connectivity index (χ0n) is 18.8. The fourth-order valence-corrected chi connectivity index (χ4v) is 3.74. The van der Waals surface area contributed by atoms with Gasteiger partial charge in [0.25, 0.3) is 0 Å². The first kappa shape index (κ1) is 22.4. The highest BCUT2D eigenvalue weighted by molar-refractivity contribution is 5.94. The van der Waals surface area contributed by atoms with E-state index in [1.54, 1.807) is 28.7 Å². The molecule has 0 fully saturated rings. The molecular weight excluding hydrogens is 452 g/mol. The van der Waals surface area contributed by atoms with Gasteiger partial charge in [-0.1, -0.05) is 5.16 Å². The predicted molar refractivity (Wildman–Crippen MR) is 127 cm³/mol. The Morgan fingerprint density at radius 3 is 2.37 bits per heavy atom. The van der Waals surface area contributed by atoms with Crippen molar-refractivity contribution in [3.8, 4) is 22.6 Å². The second-order valence-corrected chi connectivity index (χ2v) is 8.17. The van der Waals surface area contributed by atoms with E-state index < -0.39 is 0 Å². The summed E-state index contributed by atoms with van der Waals surface area (Å²) >= 11 is 0. The number of halogens is 2.